The Balaban J connectivity index is 1.37. The second kappa shape index (κ2) is 9.91. The molecule has 0 aliphatic carbocycles. The lowest BCUT2D eigenvalue weighted by atomic mass is 10.1. The van der Waals surface area contributed by atoms with Gasteiger partial charge >= 0.3 is 0 Å². The summed E-state index contributed by atoms with van der Waals surface area (Å²) < 4.78 is 24.0. The second-order valence-electron chi connectivity index (χ2n) is 8.21. The minimum atomic E-state index is -3.09. The van der Waals surface area contributed by atoms with Crippen molar-refractivity contribution in [2.45, 2.75) is 19.0 Å². The van der Waals surface area contributed by atoms with Gasteiger partial charge in [0.25, 0.3) is 5.91 Å². The summed E-state index contributed by atoms with van der Waals surface area (Å²) >= 11 is 7.73. The van der Waals surface area contributed by atoms with E-state index in [4.69, 9.17) is 11.6 Å². The highest BCUT2D eigenvalue weighted by molar-refractivity contribution is 7.91. The van der Waals surface area contributed by atoms with Gasteiger partial charge in [0.1, 0.15) is 0 Å². The van der Waals surface area contributed by atoms with Gasteiger partial charge in [-0.1, -0.05) is 29.8 Å². The van der Waals surface area contributed by atoms with Crippen molar-refractivity contribution in [3.8, 4) is 0 Å². The van der Waals surface area contributed by atoms with Crippen LogP contribution in [0.4, 0.5) is 0 Å². The molecule has 0 saturated carbocycles. The first-order valence-corrected chi connectivity index (χ1v) is 13.7. The van der Waals surface area contributed by atoms with Gasteiger partial charge < -0.3 is 9.80 Å². The Morgan fingerprint density at radius 3 is 2.47 bits per heavy atom. The average Bonchev–Trinajstić information content (AvgIpc) is 3.41. The van der Waals surface area contributed by atoms with Crippen molar-refractivity contribution in [1.29, 1.82) is 0 Å². The molecule has 0 bridgehead atoms. The van der Waals surface area contributed by atoms with Crippen molar-refractivity contribution in [3.63, 3.8) is 0 Å². The molecule has 2 fully saturated rings. The van der Waals surface area contributed by atoms with Gasteiger partial charge in [0.2, 0.25) is 5.91 Å². The van der Waals surface area contributed by atoms with Crippen molar-refractivity contribution in [2.75, 3.05) is 44.2 Å². The lowest BCUT2D eigenvalue weighted by molar-refractivity contribution is -0.135. The summed E-state index contributed by atoms with van der Waals surface area (Å²) in [6, 6.07) is 10.6. The van der Waals surface area contributed by atoms with Crippen LogP contribution in [0.2, 0.25) is 5.02 Å². The molecule has 0 radical (unpaired) electrons. The van der Waals surface area contributed by atoms with Gasteiger partial charge in [-0.2, -0.15) is 0 Å². The van der Waals surface area contributed by atoms with Gasteiger partial charge in [-0.3, -0.25) is 14.5 Å². The first-order chi connectivity index (χ1) is 15.3. The summed E-state index contributed by atoms with van der Waals surface area (Å²) in [5.41, 5.74) is 0.489. The van der Waals surface area contributed by atoms with Crippen LogP contribution in [0.5, 0.6) is 0 Å². The van der Waals surface area contributed by atoms with E-state index in [-0.39, 0.29) is 35.9 Å². The lowest BCUT2D eigenvalue weighted by Gasteiger charge is -2.36. The van der Waals surface area contributed by atoms with Gasteiger partial charge in [-0.25, -0.2) is 8.42 Å². The molecule has 2 saturated heterocycles. The largest absolute Gasteiger partial charge is 0.336 e. The standard InChI is InChI=1S/C22H26ClN3O4S2/c23-20-6-2-1-5-19(20)22(28)25-10-8-24(9-11-25)15-21(27)26(14-18-4-3-12-31-18)17-7-13-32(29,30)16-17/h1-6,12,17H,7-11,13-16H2/t17-/m0/s1. The number of sulfone groups is 1. The van der Waals surface area contributed by atoms with Gasteiger partial charge in [0.15, 0.2) is 9.84 Å². The summed E-state index contributed by atoms with van der Waals surface area (Å²) in [6.45, 7) is 2.84. The molecule has 10 heteroatoms. The summed E-state index contributed by atoms with van der Waals surface area (Å²) in [5, 5.41) is 2.39. The first kappa shape index (κ1) is 23.2. The molecule has 4 rings (SSSR count). The quantitative estimate of drug-likeness (QED) is 0.615. The van der Waals surface area contributed by atoms with Crippen LogP contribution < -0.4 is 0 Å². The number of halogens is 1. The molecule has 1 aromatic heterocycles. The van der Waals surface area contributed by atoms with Crippen molar-refractivity contribution in [2.24, 2.45) is 0 Å². The van der Waals surface area contributed by atoms with E-state index < -0.39 is 9.84 Å². The number of nitrogens with zero attached hydrogens (tertiary/aromatic N) is 3. The topological polar surface area (TPSA) is 78.0 Å². The Kier molecular flexibility index (Phi) is 7.19. The number of thiophene rings is 1. The van der Waals surface area contributed by atoms with Crippen LogP contribution in [0.25, 0.3) is 0 Å². The number of carbonyl (C=O) groups is 2. The Hall–Kier alpha value is -1.94. The fourth-order valence-electron chi connectivity index (χ4n) is 4.21. The number of piperazine rings is 1. The van der Waals surface area contributed by atoms with Gasteiger partial charge in [0, 0.05) is 37.1 Å². The van der Waals surface area contributed by atoms with E-state index in [0.29, 0.717) is 49.7 Å². The summed E-state index contributed by atoms with van der Waals surface area (Å²) in [4.78, 5) is 32.5. The Morgan fingerprint density at radius 1 is 1.09 bits per heavy atom. The number of rotatable bonds is 6. The van der Waals surface area contributed by atoms with Crippen molar-refractivity contribution in [3.05, 3.63) is 57.2 Å². The SMILES string of the molecule is O=C(c1ccccc1Cl)N1CCN(CC(=O)N(Cc2cccs2)[C@H]2CCS(=O)(=O)C2)CC1. The van der Waals surface area contributed by atoms with E-state index in [1.54, 1.807) is 45.4 Å². The molecule has 2 aromatic rings. The monoisotopic (exact) mass is 495 g/mol. The van der Waals surface area contributed by atoms with Crippen LogP contribution in [0.15, 0.2) is 41.8 Å². The maximum absolute atomic E-state index is 13.2. The van der Waals surface area contributed by atoms with E-state index in [2.05, 4.69) is 0 Å². The zero-order valence-electron chi connectivity index (χ0n) is 17.7. The van der Waals surface area contributed by atoms with E-state index in [0.717, 1.165) is 4.88 Å². The number of carbonyl (C=O) groups excluding carboxylic acids is 2. The predicted molar refractivity (Wildman–Crippen MR) is 126 cm³/mol. The maximum atomic E-state index is 13.2. The smallest absolute Gasteiger partial charge is 0.255 e. The molecule has 0 N–H and O–H groups in total. The second-order valence-corrected chi connectivity index (χ2v) is 11.9. The van der Waals surface area contributed by atoms with E-state index in [1.807, 2.05) is 22.4 Å². The summed E-state index contributed by atoms with van der Waals surface area (Å²) in [6.07, 6.45) is 0.486. The molecule has 32 heavy (non-hydrogen) atoms. The Morgan fingerprint density at radius 2 is 1.84 bits per heavy atom. The van der Waals surface area contributed by atoms with E-state index in [9.17, 15) is 18.0 Å². The zero-order valence-corrected chi connectivity index (χ0v) is 20.0. The average molecular weight is 496 g/mol. The third-order valence-corrected chi connectivity index (χ3v) is 8.94. The molecule has 2 amide bonds. The maximum Gasteiger partial charge on any atom is 0.255 e. The molecular formula is C22H26ClN3O4S2. The molecule has 1 atom stereocenters. The highest BCUT2D eigenvalue weighted by Crippen LogP contribution is 2.23. The summed E-state index contributed by atoms with van der Waals surface area (Å²) in [7, 11) is -3.09. The fraction of sp³-hybridized carbons (Fsp3) is 0.455. The lowest BCUT2D eigenvalue weighted by Crippen LogP contribution is -2.52. The van der Waals surface area contributed by atoms with Gasteiger partial charge in [-0.15, -0.1) is 11.3 Å². The highest BCUT2D eigenvalue weighted by Gasteiger charge is 2.35. The van der Waals surface area contributed by atoms with Crippen LogP contribution >= 0.6 is 22.9 Å². The summed E-state index contributed by atoms with van der Waals surface area (Å²) in [5.74, 6) is 0.00214. The number of amides is 2. The minimum Gasteiger partial charge on any atom is -0.336 e. The minimum absolute atomic E-state index is 0.0320. The normalized spacial score (nSPS) is 20.9. The molecule has 0 unspecified atom stereocenters. The third-order valence-electron chi connectivity index (χ3n) is 6.00. The Labute approximate surface area is 197 Å². The molecule has 0 spiro atoms. The van der Waals surface area contributed by atoms with Crippen LogP contribution in [0, 0.1) is 0 Å². The van der Waals surface area contributed by atoms with Crippen molar-refractivity contribution >= 4 is 44.6 Å². The van der Waals surface area contributed by atoms with Crippen LogP contribution in [-0.4, -0.2) is 85.2 Å². The van der Waals surface area contributed by atoms with Crippen molar-refractivity contribution < 1.29 is 18.0 Å². The van der Waals surface area contributed by atoms with Crippen LogP contribution in [0.3, 0.4) is 0 Å². The fourth-order valence-corrected chi connectivity index (χ4v) is 6.86. The molecule has 1 aromatic carbocycles. The van der Waals surface area contributed by atoms with Gasteiger partial charge in [-0.05, 0) is 30.0 Å². The van der Waals surface area contributed by atoms with Crippen LogP contribution in [0.1, 0.15) is 21.7 Å². The number of hydrogen-bond donors (Lipinski definition) is 0. The number of hydrogen-bond acceptors (Lipinski definition) is 6. The molecular weight excluding hydrogens is 470 g/mol. The number of benzene rings is 1. The third kappa shape index (κ3) is 5.51. The van der Waals surface area contributed by atoms with Gasteiger partial charge in [0.05, 0.1) is 35.2 Å². The molecule has 2 aliphatic rings. The highest BCUT2D eigenvalue weighted by atomic mass is 35.5. The zero-order chi connectivity index (χ0) is 22.7. The molecule has 3 heterocycles. The molecule has 7 nitrogen and oxygen atoms in total. The van der Waals surface area contributed by atoms with Crippen LogP contribution in [-0.2, 0) is 21.2 Å². The van der Waals surface area contributed by atoms with Crippen molar-refractivity contribution in [1.82, 2.24) is 14.7 Å². The van der Waals surface area contributed by atoms with E-state index >= 15 is 0 Å². The first-order valence-electron chi connectivity index (χ1n) is 10.6. The predicted octanol–water partition coefficient (Wildman–Crippen LogP) is 2.38. The molecule has 2 aliphatic heterocycles. The van der Waals surface area contributed by atoms with E-state index in [1.165, 1.54) is 0 Å². The molecule has 172 valence electrons. The Bertz CT molecular complexity index is 1070.